The highest BCUT2D eigenvalue weighted by Crippen LogP contribution is 2.14. The largest absolute Gasteiger partial charge is 0.431 e. The van der Waals surface area contributed by atoms with E-state index in [9.17, 15) is 18.4 Å². The van der Waals surface area contributed by atoms with Gasteiger partial charge in [0.05, 0.1) is 4.88 Å². The van der Waals surface area contributed by atoms with Crippen molar-refractivity contribution in [1.29, 1.82) is 0 Å². The monoisotopic (exact) mass is 363 g/mol. The SMILES string of the molecule is O=C(NCc1c(F)cccc1F)c1coc(NC(=O)c2cccs2)n1. The first-order valence-corrected chi connectivity index (χ1v) is 7.94. The van der Waals surface area contributed by atoms with Gasteiger partial charge in [0.1, 0.15) is 17.9 Å². The molecule has 3 rings (SSSR count). The Morgan fingerprint density at radius 2 is 1.88 bits per heavy atom. The van der Waals surface area contributed by atoms with Crippen molar-refractivity contribution >= 4 is 29.2 Å². The Hall–Kier alpha value is -3.07. The Bertz CT molecular complexity index is 889. The van der Waals surface area contributed by atoms with E-state index in [1.54, 1.807) is 17.5 Å². The lowest BCUT2D eigenvalue weighted by atomic mass is 10.2. The fraction of sp³-hybridized carbons (Fsp3) is 0.0625. The van der Waals surface area contributed by atoms with Crippen molar-refractivity contribution in [2.45, 2.75) is 6.54 Å². The number of thiophene rings is 1. The number of oxazole rings is 1. The second kappa shape index (κ2) is 7.22. The van der Waals surface area contributed by atoms with Crippen LogP contribution in [-0.4, -0.2) is 16.8 Å². The van der Waals surface area contributed by atoms with Crippen molar-refractivity contribution in [3.05, 3.63) is 69.7 Å². The molecule has 0 spiro atoms. The maximum absolute atomic E-state index is 13.5. The predicted octanol–water partition coefficient (Wildman–Crippen LogP) is 3.20. The Morgan fingerprint density at radius 3 is 2.56 bits per heavy atom. The first kappa shape index (κ1) is 16.8. The molecular formula is C16H11F2N3O3S. The molecule has 128 valence electrons. The molecule has 25 heavy (non-hydrogen) atoms. The van der Waals surface area contributed by atoms with Crippen molar-refractivity contribution in [2.75, 3.05) is 5.32 Å². The van der Waals surface area contributed by atoms with Crippen LogP contribution in [-0.2, 0) is 6.54 Å². The number of anilines is 1. The Kier molecular flexibility index (Phi) is 4.85. The topological polar surface area (TPSA) is 84.2 Å². The number of aromatic nitrogens is 1. The zero-order chi connectivity index (χ0) is 17.8. The van der Waals surface area contributed by atoms with Gasteiger partial charge in [-0.15, -0.1) is 11.3 Å². The van der Waals surface area contributed by atoms with Crippen LogP contribution in [0.2, 0.25) is 0 Å². The summed E-state index contributed by atoms with van der Waals surface area (Å²) >= 11 is 1.24. The Morgan fingerprint density at radius 1 is 1.12 bits per heavy atom. The third-order valence-corrected chi connectivity index (χ3v) is 4.06. The van der Waals surface area contributed by atoms with Crippen LogP contribution in [0.15, 0.2) is 46.4 Å². The van der Waals surface area contributed by atoms with Crippen LogP contribution in [0.25, 0.3) is 0 Å². The van der Waals surface area contributed by atoms with Crippen LogP contribution >= 0.6 is 11.3 Å². The molecule has 2 amide bonds. The van der Waals surface area contributed by atoms with E-state index in [1.807, 2.05) is 0 Å². The highest BCUT2D eigenvalue weighted by Gasteiger charge is 2.16. The molecule has 0 unspecified atom stereocenters. The molecule has 6 nitrogen and oxygen atoms in total. The molecule has 0 atom stereocenters. The van der Waals surface area contributed by atoms with Gasteiger partial charge in [-0.25, -0.2) is 8.78 Å². The van der Waals surface area contributed by atoms with Gasteiger partial charge in [0, 0.05) is 12.1 Å². The third kappa shape index (κ3) is 3.89. The van der Waals surface area contributed by atoms with Crippen LogP contribution in [0.3, 0.4) is 0 Å². The fourth-order valence-corrected chi connectivity index (χ4v) is 2.58. The molecule has 0 bridgehead atoms. The molecule has 0 fully saturated rings. The molecule has 0 aliphatic carbocycles. The summed E-state index contributed by atoms with van der Waals surface area (Å²) < 4.78 is 32.0. The number of halogens is 2. The van der Waals surface area contributed by atoms with E-state index < -0.39 is 23.4 Å². The van der Waals surface area contributed by atoms with Crippen LogP contribution in [0.1, 0.15) is 25.7 Å². The number of nitrogens with zero attached hydrogens (tertiary/aromatic N) is 1. The van der Waals surface area contributed by atoms with Crippen molar-refractivity contribution in [3.63, 3.8) is 0 Å². The number of carbonyl (C=O) groups excluding carboxylic acids is 2. The number of rotatable bonds is 5. The lowest BCUT2D eigenvalue weighted by Crippen LogP contribution is -2.24. The summed E-state index contributed by atoms with van der Waals surface area (Å²) in [5, 5.41) is 6.49. The summed E-state index contributed by atoms with van der Waals surface area (Å²) in [5.74, 6) is -2.63. The second-order valence-electron chi connectivity index (χ2n) is 4.85. The zero-order valence-corrected chi connectivity index (χ0v) is 13.4. The summed E-state index contributed by atoms with van der Waals surface area (Å²) in [7, 11) is 0. The molecule has 0 aliphatic rings. The van der Waals surface area contributed by atoms with Crippen molar-refractivity contribution in [1.82, 2.24) is 10.3 Å². The molecule has 3 aromatic rings. The van der Waals surface area contributed by atoms with E-state index in [0.717, 1.165) is 18.4 Å². The van der Waals surface area contributed by atoms with Crippen molar-refractivity contribution in [2.24, 2.45) is 0 Å². The van der Waals surface area contributed by atoms with Gasteiger partial charge in [-0.2, -0.15) is 4.98 Å². The Labute approximate surface area is 144 Å². The van der Waals surface area contributed by atoms with Crippen LogP contribution in [0, 0.1) is 11.6 Å². The van der Waals surface area contributed by atoms with E-state index in [2.05, 4.69) is 15.6 Å². The molecule has 2 heterocycles. The average Bonchev–Trinajstić information content (AvgIpc) is 3.26. The smallest absolute Gasteiger partial charge is 0.302 e. The highest BCUT2D eigenvalue weighted by atomic mass is 32.1. The Balaban J connectivity index is 1.62. The molecule has 1 aromatic carbocycles. The number of nitrogens with one attached hydrogen (secondary N) is 2. The molecule has 0 saturated heterocycles. The van der Waals surface area contributed by atoms with E-state index in [1.165, 1.54) is 17.4 Å². The third-order valence-electron chi connectivity index (χ3n) is 3.19. The van der Waals surface area contributed by atoms with Crippen molar-refractivity contribution in [3.8, 4) is 0 Å². The zero-order valence-electron chi connectivity index (χ0n) is 12.6. The number of hydrogen-bond acceptors (Lipinski definition) is 5. The maximum Gasteiger partial charge on any atom is 0.302 e. The van der Waals surface area contributed by atoms with Gasteiger partial charge < -0.3 is 9.73 Å². The number of hydrogen-bond donors (Lipinski definition) is 2. The first-order valence-electron chi connectivity index (χ1n) is 7.06. The minimum atomic E-state index is -0.760. The van der Waals surface area contributed by atoms with E-state index in [0.29, 0.717) is 4.88 Å². The quantitative estimate of drug-likeness (QED) is 0.729. The minimum absolute atomic E-state index is 0.127. The van der Waals surface area contributed by atoms with Gasteiger partial charge in [0.25, 0.3) is 11.8 Å². The second-order valence-corrected chi connectivity index (χ2v) is 5.80. The summed E-state index contributed by atoms with van der Waals surface area (Å²) in [6.45, 7) is -0.346. The molecule has 0 aliphatic heterocycles. The van der Waals surface area contributed by atoms with Crippen molar-refractivity contribution < 1.29 is 22.8 Å². The van der Waals surface area contributed by atoms with E-state index in [4.69, 9.17) is 4.42 Å². The molecule has 0 radical (unpaired) electrons. The lowest BCUT2D eigenvalue weighted by Gasteiger charge is -2.05. The fourth-order valence-electron chi connectivity index (χ4n) is 1.96. The van der Waals surface area contributed by atoms with Crippen LogP contribution in [0.4, 0.5) is 14.8 Å². The number of amides is 2. The van der Waals surface area contributed by atoms with E-state index in [-0.39, 0.29) is 23.8 Å². The molecular weight excluding hydrogens is 352 g/mol. The summed E-state index contributed by atoms with van der Waals surface area (Å²) in [4.78, 5) is 28.1. The normalized spacial score (nSPS) is 10.5. The number of carbonyl (C=O) groups is 2. The predicted molar refractivity (Wildman–Crippen MR) is 86.3 cm³/mol. The lowest BCUT2D eigenvalue weighted by molar-refractivity contribution is 0.0944. The van der Waals surface area contributed by atoms with E-state index >= 15 is 0 Å². The maximum atomic E-state index is 13.5. The minimum Gasteiger partial charge on any atom is -0.431 e. The van der Waals surface area contributed by atoms with Gasteiger partial charge >= 0.3 is 6.01 Å². The van der Waals surface area contributed by atoms with Gasteiger partial charge in [-0.05, 0) is 23.6 Å². The average molecular weight is 363 g/mol. The van der Waals surface area contributed by atoms with Crippen LogP contribution in [0.5, 0.6) is 0 Å². The summed E-state index contributed by atoms with van der Waals surface area (Å²) in [6.07, 6.45) is 1.04. The molecule has 2 aromatic heterocycles. The molecule has 9 heteroatoms. The van der Waals surface area contributed by atoms with Crippen LogP contribution < -0.4 is 10.6 Å². The first-order chi connectivity index (χ1) is 12.0. The summed E-state index contributed by atoms with van der Waals surface area (Å²) in [5.41, 5.74) is -0.385. The number of benzene rings is 1. The summed E-state index contributed by atoms with van der Waals surface area (Å²) in [6, 6.07) is 6.61. The molecule has 0 saturated carbocycles. The molecule has 2 N–H and O–H groups in total. The van der Waals surface area contributed by atoms with Gasteiger partial charge in [0.15, 0.2) is 5.69 Å². The highest BCUT2D eigenvalue weighted by molar-refractivity contribution is 7.12. The van der Waals surface area contributed by atoms with Gasteiger partial charge in [-0.1, -0.05) is 12.1 Å². The van der Waals surface area contributed by atoms with Gasteiger partial charge in [0.2, 0.25) is 0 Å². The standard InChI is InChI=1S/C16H11F2N3O3S/c17-10-3-1-4-11(18)9(10)7-19-14(22)12-8-24-16(20-12)21-15(23)13-5-2-6-25-13/h1-6,8H,7H2,(H,19,22)(H,20,21,23). The van der Waals surface area contributed by atoms with Gasteiger partial charge in [-0.3, -0.25) is 14.9 Å².